The molecule has 0 atom stereocenters. The van der Waals surface area contributed by atoms with Crippen LogP contribution in [0.4, 0.5) is 0 Å². The number of hydrogen-bond acceptors (Lipinski definition) is 1. The smallest absolute Gasteiger partial charge is 0.167 e. The minimum Gasteiger partial charge on any atom is -0.294 e. The summed E-state index contributed by atoms with van der Waals surface area (Å²) in [6.07, 6.45) is 2.17. The molecule has 0 spiro atoms. The van der Waals surface area contributed by atoms with Crippen LogP contribution in [0.5, 0.6) is 0 Å². The van der Waals surface area contributed by atoms with Gasteiger partial charge in [0.25, 0.3) is 0 Å². The number of aryl methyl sites for hydroxylation is 2. The number of rotatable bonds is 5. The average Bonchev–Trinajstić information content (AvgIpc) is 2.48. The molecule has 0 aliphatic carbocycles. The molecule has 0 radical (unpaired) electrons. The number of halogens is 1. The third kappa shape index (κ3) is 3.29. The van der Waals surface area contributed by atoms with Crippen molar-refractivity contribution in [3.05, 3.63) is 69.7 Å². The summed E-state index contributed by atoms with van der Waals surface area (Å²) >= 11 is 6.14. The van der Waals surface area contributed by atoms with Gasteiger partial charge in [-0.25, -0.2) is 0 Å². The molecule has 0 aliphatic rings. The molecule has 0 saturated carbocycles. The van der Waals surface area contributed by atoms with Crippen LogP contribution in [-0.2, 0) is 19.3 Å². The van der Waals surface area contributed by atoms with E-state index in [2.05, 4.69) is 26.0 Å². The van der Waals surface area contributed by atoms with Gasteiger partial charge in [-0.15, -0.1) is 0 Å². The first-order valence-corrected chi connectivity index (χ1v) is 7.41. The maximum atomic E-state index is 12.6. The first-order valence-electron chi connectivity index (χ1n) is 7.04. The molecule has 0 fully saturated rings. The molecule has 20 heavy (non-hydrogen) atoms. The molecule has 2 aromatic carbocycles. The molecular weight excluding hydrogens is 268 g/mol. The van der Waals surface area contributed by atoms with Gasteiger partial charge in [0, 0.05) is 17.0 Å². The predicted octanol–water partition coefficient (Wildman–Crippen LogP) is 4.89. The quantitative estimate of drug-likeness (QED) is 0.715. The van der Waals surface area contributed by atoms with Crippen LogP contribution in [0.15, 0.2) is 42.5 Å². The van der Waals surface area contributed by atoms with Crippen LogP contribution in [-0.4, -0.2) is 5.78 Å². The van der Waals surface area contributed by atoms with Gasteiger partial charge in [-0.3, -0.25) is 4.79 Å². The number of Topliss-reactive ketones (excluding diaryl/α,β-unsaturated/α-hetero) is 1. The summed E-state index contributed by atoms with van der Waals surface area (Å²) in [6, 6.07) is 13.7. The number of benzene rings is 2. The summed E-state index contributed by atoms with van der Waals surface area (Å²) in [5.74, 6) is 0.144. The minimum atomic E-state index is 0.144. The van der Waals surface area contributed by atoms with Crippen molar-refractivity contribution in [2.24, 2.45) is 0 Å². The van der Waals surface area contributed by atoms with Crippen molar-refractivity contribution in [1.82, 2.24) is 0 Å². The van der Waals surface area contributed by atoms with Crippen LogP contribution in [0.2, 0.25) is 5.02 Å². The summed E-state index contributed by atoms with van der Waals surface area (Å²) in [4.78, 5) is 12.6. The highest BCUT2D eigenvalue weighted by atomic mass is 35.5. The standard InChI is InChI=1S/C18H19ClO/c1-3-13-9-10-14(4-2)16(11-13)18(20)12-15-7-5-6-8-17(15)19/h5-11H,3-4,12H2,1-2H3. The summed E-state index contributed by atoms with van der Waals surface area (Å²) in [5.41, 5.74) is 4.04. The maximum absolute atomic E-state index is 12.6. The monoisotopic (exact) mass is 286 g/mol. The van der Waals surface area contributed by atoms with E-state index in [0.29, 0.717) is 11.4 Å². The molecule has 0 saturated heterocycles. The zero-order valence-corrected chi connectivity index (χ0v) is 12.7. The van der Waals surface area contributed by atoms with Gasteiger partial charge >= 0.3 is 0 Å². The lowest BCUT2D eigenvalue weighted by Crippen LogP contribution is -2.08. The van der Waals surface area contributed by atoms with Crippen LogP contribution >= 0.6 is 11.6 Å². The topological polar surface area (TPSA) is 17.1 Å². The number of carbonyl (C=O) groups is 1. The third-order valence-electron chi connectivity index (χ3n) is 3.57. The van der Waals surface area contributed by atoms with Gasteiger partial charge in [0.15, 0.2) is 5.78 Å². The Hall–Kier alpha value is -1.60. The molecule has 2 heteroatoms. The number of hydrogen-bond donors (Lipinski definition) is 0. The van der Waals surface area contributed by atoms with Gasteiger partial charge in [0.05, 0.1) is 0 Å². The van der Waals surface area contributed by atoms with Crippen molar-refractivity contribution in [3.8, 4) is 0 Å². The molecular formula is C18H19ClO. The molecule has 104 valence electrons. The Morgan fingerprint density at radius 3 is 2.40 bits per heavy atom. The Morgan fingerprint density at radius 2 is 1.75 bits per heavy atom. The number of carbonyl (C=O) groups excluding carboxylic acids is 1. The SMILES string of the molecule is CCc1ccc(CC)c(C(=O)Cc2ccccc2Cl)c1. The molecule has 0 N–H and O–H groups in total. The fraction of sp³-hybridized carbons (Fsp3) is 0.278. The van der Waals surface area contributed by atoms with E-state index in [4.69, 9.17) is 11.6 Å². The van der Waals surface area contributed by atoms with Gasteiger partial charge < -0.3 is 0 Å². The van der Waals surface area contributed by atoms with Crippen LogP contribution < -0.4 is 0 Å². The lowest BCUT2D eigenvalue weighted by molar-refractivity contribution is 0.0992. The van der Waals surface area contributed by atoms with E-state index < -0.39 is 0 Å². The van der Waals surface area contributed by atoms with Gasteiger partial charge in [0.2, 0.25) is 0 Å². The van der Waals surface area contributed by atoms with E-state index in [0.717, 1.165) is 29.5 Å². The highest BCUT2D eigenvalue weighted by Crippen LogP contribution is 2.20. The molecule has 0 unspecified atom stereocenters. The number of ketones is 1. The second-order valence-corrected chi connectivity index (χ2v) is 5.30. The Balaban J connectivity index is 2.31. The Kier molecular flexibility index (Phi) is 4.97. The molecule has 0 bridgehead atoms. The maximum Gasteiger partial charge on any atom is 0.167 e. The predicted molar refractivity (Wildman–Crippen MR) is 84.7 cm³/mol. The van der Waals surface area contributed by atoms with Crippen molar-refractivity contribution in [2.75, 3.05) is 0 Å². The minimum absolute atomic E-state index is 0.144. The van der Waals surface area contributed by atoms with Crippen molar-refractivity contribution in [1.29, 1.82) is 0 Å². The Morgan fingerprint density at radius 1 is 1.00 bits per heavy atom. The van der Waals surface area contributed by atoms with Crippen molar-refractivity contribution < 1.29 is 4.79 Å². The lowest BCUT2D eigenvalue weighted by atomic mass is 9.94. The molecule has 2 rings (SSSR count). The van der Waals surface area contributed by atoms with Gasteiger partial charge in [0.1, 0.15) is 0 Å². The fourth-order valence-electron chi connectivity index (χ4n) is 2.32. The molecule has 2 aromatic rings. The molecule has 0 heterocycles. The first-order chi connectivity index (χ1) is 9.65. The molecule has 0 aliphatic heterocycles. The second kappa shape index (κ2) is 6.71. The van der Waals surface area contributed by atoms with Crippen LogP contribution in [0.3, 0.4) is 0 Å². The van der Waals surface area contributed by atoms with Crippen molar-refractivity contribution in [3.63, 3.8) is 0 Å². The summed E-state index contributed by atoms with van der Waals surface area (Å²) in [6.45, 7) is 4.18. The van der Waals surface area contributed by atoms with Crippen molar-refractivity contribution >= 4 is 17.4 Å². The van der Waals surface area contributed by atoms with E-state index in [1.54, 1.807) is 0 Å². The average molecular weight is 287 g/mol. The molecule has 1 nitrogen and oxygen atoms in total. The zero-order valence-electron chi connectivity index (χ0n) is 11.9. The highest BCUT2D eigenvalue weighted by molar-refractivity contribution is 6.31. The van der Waals surface area contributed by atoms with Crippen LogP contribution in [0.1, 0.15) is 40.9 Å². The largest absolute Gasteiger partial charge is 0.294 e. The van der Waals surface area contributed by atoms with Crippen LogP contribution in [0, 0.1) is 0 Å². The summed E-state index contributed by atoms with van der Waals surface area (Å²) < 4.78 is 0. The Bertz CT molecular complexity index is 617. The normalized spacial score (nSPS) is 10.6. The van der Waals surface area contributed by atoms with Gasteiger partial charge in [-0.2, -0.15) is 0 Å². The van der Waals surface area contributed by atoms with Gasteiger partial charge in [-0.05, 0) is 41.7 Å². The third-order valence-corrected chi connectivity index (χ3v) is 3.94. The van der Waals surface area contributed by atoms with E-state index in [1.165, 1.54) is 5.56 Å². The fourth-order valence-corrected chi connectivity index (χ4v) is 2.52. The zero-order chi connectivity index (χ0) is 14.5. The van der Waals surface area contributed by atoms with Crippen LogP contribution in [0.25, 0.3) is 0 Å². The summed E-state index contributed by atoms with van der Waals surface area (Å²) in [7, 11) is 0. The van der Waals surface area contributed by atoms with Gasteiger partial charge in [-0.1, -0.05) is 55.8 Å². The molecule has 0 amide bonds. The van der Waals surface area contributed by atoms with E-state index >= 15 is 0 Å². The first kappa shape index (κ1) is 14.8. The lowest BCUT2D eigenvalue weighted by Gasteiger charge is -2.10. The molecule has 0 aromatic heterocycles. The highest BCUT2D eigenvalue weighted by Gasteiger charge is 2.13. The second-order valence-electron chi connectivity index (χ2n) is 4.89. The van der Waals surface area contributed by atoms with Crippen molar-refractivity contribution in [2.45, 2.75) is 33.1 Å². The summed E-state index contributed by atoms with van der Waals surface area (Å²) in [5, 5.41) is 0.658. The Labute approximate surface area is 125 Å². The van der Waals surface area contributed by atoms with E-state index in [-0.39, 0.29) is 5.78 Å². The van der Waals surface area contributed by atoms with E-state index in [1.807, 2.05) is 30.3 Å². The van der Waals surface area contributed by atoms with E-state index in [9.17, 15) is 4.79 Å².